The third-order valence-electron chi connectivity index (χ3n) is 7.02. The van der Waals surface area contributed by atoms with Crippen LogP contribution in [0.5, 0.6) is 0 Å². The van der Waals surface area contributed by atoms with Crippen molar-refractivity contribution in [1.82, 2.24) is 14.9 Å². The van der Waals surface area contributed by atoms with Crippen LogP contribution in [0.4, 0.5) is 5.82 Å². The van der Waals surface area contributed by atoms with E-state index < -0.39 is 0 Å². The standard InChI is InChI=1S/C26H28N4O2S2/c31-26(30-13-11-29(12-14-30)24-20-10-15-33-25(20)28-17-27-24)23-21(16-34-18-6-2-1-3-7-18)19-8-4-5-9-22(19)32-23/h4-5,8-10,15,17-18H,1-3,6-7,11-14,16H2. The van der Waals surface area contributed by atoms with Gasteiger partial charge in [-0.05, 0) is 30.4 Å². The summed E-state index contributed by atoms with van der Waals surface area (Å²) in [6.45, 7) is 2.81. The Kier molecular flexibility index (Phi) is 6.18. The number of benzene rings is 1. The zero-order valence-electron chi connectivity index (χ0n) is 19.1. The van der Waals surface area contributed by atoms with Gasteiger partial charge < -0.3 is 14.2 Å². The van der Waals surface area contributed by atoms with E-state index >= 15 is 0 Å². The lowest BCUT2D eigenvalue weighted by Gasteiger charge is -2.35. The number of rotatable bonds is 5. The van der Waals surface area contributed by atoms with E-state index in [1.54, 1.807) is 17.7 Å². The fourth-order valence-corrected chi connectivity index (χ4v) is 7.22. The molecule has 6 nitrogen and oxygen atoms in total. The van der Waals surface area contributed by atoms with Crippen LogP contribution in [-0.2, 0) is 5.75 Å². The molecule has 1 saturated heterocycles. The minimum Gasteiger partial charge on any atom is -0.451 e. The number of thiophene rings is 1. The van der Waals surface area contributed by atoms with Gasteiger partial charge in [0.2, 0.25) is 0 Å². The van der Waals surface area contributed by atoms with Crippen molar-refractivity contribution in [1.29, 1.82) is 0 Å². The summed E-state index contributed by atoms with van der Waals surface area (Å²) in [6.07, 6.45) is 8.21. The van der Waals surface area contributed by atoms with E-state index in [0.29, 0.717) is 24.1 Å². The Morgan fingerprint density at radius 2 is 1.85 bits per heavy atom. The average Bonchev–Trinajstić information content (AvgIpc) is 3.52. The van der Waals surface area contributed by atoms with Gasteiger partial charge in [0.05, 0.1) is 5.39 Å². The molecular formula is C26H28N4O2S2. The summed E-state index contributed by atoms with van der Waals surface area (Å²) in [5.41, 5.74) is 1.87. The fraction of sp³-hybridized carbons (Fsp3) is 0.423. The van der Waals surface area contributed by atoms with E-state index in [0.717, 1.165) is 51.4 Å². The molecule has 0 spiro atoms. The number of para-hydroxylation sites is 1. The summed E-state index contributed by atoms with van der Waals surface area (Å²) < 4.78 is 6.18. The van der Waals surface area contributed by atoms with Crippen LogP contribution >= 0.6 is 23.1 Å². The number of piperazine rings is 1. The van der Waals surface area contributed by atoms with Crippen LogP contribution in [0.1, 0.15) is 48.2 Å². The quantitative estimate of drug-likeness (QED) is 0.342. The topological polar surface area (TPSA) is 62.5 Å². The highest BCUT2D eigenvalue weighted by Crippen LogP contribution is 2.36. The maximum absolute atomic E-state index is 13.6. The van der Waals surface area contributed by atoms with E-state index in [4.69, 9.17) is 4.42 Å². The lowest BCUT2D eigenvalue weighted by molar-refractivity contribution is 0.0716. The molecule has 3 aromatic heterocycles. The zero-order valence-corrected chi connectivity index (χ0v) is 20.7. The Morgan fingerprint density at radius 1 is 1.03 bits per heavy atom. The summed E-state index contributed by atoms with van der Waals surface area (Å²) >= 11 is 3.63. The number of amides is 1. The second-order valence-electron chi connectivity index (χ2n) is 9.09. The first-order valence-electron chi connectivity index (χ1n) is 12.1. The lowest BCUT2D eigenvalue weighted by Crippen LogP contribution is -2.49. The highest BCUT2D eigenvalue weighted by molar-refractivity contribution is 7.99. The minimum absolute atomic E-state index is 0.0125. The van der Waals surface area contributed by atoms with Crippen LogP contribution in [-0.4, -0.2) is 52.2 Å². The highest BCUT2D eigenvalue weighted by atomic mass is 32.2. The Hall–Kier alpha value is -2.58. The van der Waals surface area contributed by atoms with E-state index in [9.17, 15) is 4.79 Å². The van der Waals surface area contributed by atoms with Gasteiger partial charge in [0.15, 0.2) is 5.76 Å². The van der Waals surface area contributed by atoms with Gasteiger partial charge in [0, 0.05) is 48.1 Å². The van der Waals surface area contributed by atoms with Crippen molar-refractivity contribution < 1.29 is 9.21 Å². The molecule has 0 radical (unpaired) electrons. The summed E-state index contributed by atoms with van der Waals surface area (Å²) in [7, 11) is 0. The maximum Gasteiger partial charge on any atom is 0.290 e. The number of aromatic nitrogens is 2. The van der Waals surface area contributed by atoms with E-state index in [1.807, 2.05) is 34.9 Å². The maximum atomic E-state index is 13.6. The number of hydrogen-bond donors (Lipinski definition) is 0. The number of furan rings is 1. The van der Waals surface area contributed by atoms with Crippen LogP contribution in [0.25, 0.3) is 21.2 Å². The molecule has 34 heavy (non-hydrogen) atoms. The number of hydrogen-bond acceptors (Lipinski definition) is 7. The van der Waals surface area contributed by atoms with Gasteiger partial charge in [-0.25, -0.2) is 9.97 Å². The number of carbonyl (C=O) groups is 1. The molecule has 2 fully saturated rings. The number of anilines is 1. The highest BCUT2D eigenvalue weighted by Gasteiger charge is 2.29. The van der Waals surface area contributed by atoms with Crippen LogP contribution in [0, 0.1) is 0 Å². The van der Waals surface area contributed by atoms with Gasteiger partial charge in [-0.1, -0.05) is 37.5 Å². The molecular weight excluding hydrogens is 464 g/mol. The fourth-order valence-electron chi connectivity index (χ4n) is 5.14. The Bertz CT molecular complexity index is 1300. The van der Waals surface area contributed by atoms with Crippen molar-refractivity contribution in [2.75, 3.05) is 31.1 Å². The normalized spacial score (nSPS) is 17.6. The van der Waals surface area contributed by atoms with Crippen LogP contribution in [0.2, 0.25) is 0 Å². The van der Waals surface area contributed by atoms with Gasteiger partial charge in [0.1, 0.15) is 22.6 Å². The SMILES string of the molecule is O=C(c1oc2ccccc2c1CSC1CCCCC1)N1CCN(c2ncnc3sccc23)CC1. The summed E-state index contributed by atoms with van der Waals surface area (Å²) in [6, 6.07) is 10.2. The monoisotopic (exact) mass is 492 g/mol. The zero-order chi connectivity index (χ0) is 22.9. The first-order chi connectivity index (χ1) is 16.8. The minimum atomic E-state index is 0.0125. The largest absolute Gasteiger partial charge is 0.451 e. The molecule has 1 amide bonds. The second-order valence-corrected chi connectivity index (χ2v) is 11.3. The molecule has 1 aromatic carbocycles. The predicted octanol–water partition coefficient (Wildman–Crippen LogP) is 5.97. The Labute approximate surface area is 207 Å². The van der Waals surface area contributed by atoms with Crippen LogP contribution < -0.4 is 4.90 Å². The van der Waals surface area contributed by atoms with E-state index in [-0.39, 0.29) is 5.91 Å². The van der Waals surface area contributed by atoms with Gasteiger partial charge in [0.25, 0.3) is 5.91 Å². The molecule has 4 heterocycles. The lowest BCUT2D eigenvalue weighted by atomic mass is 10.0. The van der Waals surface area contributed by atoms with Crippen molar-refractivity contribution in [3.63, 3.8) is 0 Å². The molecule has 2 aliphatic rings. The molecule has 0 N–H and O–H groups in total. The molecule has 6 rings (SSSR count). The molecule has 176 valence electrons. The van der Waals surface area contributed by atoms with Crippen LogP contribution in [0.15, 0.2) is 46.5 Å². The first kappa shape index (κ1) is 21.9. The van der Waals surface area contributed by atoms with E-state index in [1.165, 1.54) is 32.1 Å². The number of carbonyl (C=O) groups excluding carboxylic acids is 1. The van der Waals surface area contributed by atoms with Gasteiger partial charge in [-0.15, -0.1) is 11.3 Å². The molecule has 0 atom stereocenters. The van der Waals surface area contributed by atoms with Gasteiger partial charge >= 0.3 is 0 Å². The van der Waals surface area contributed by atoms with Crippen molar-refractivity contribution in [3.8, 4) is 0 Å². The Morgan fingerprint density at radius 3 is 2.71 bits per heavy atom. The number of thioether (sulfide) groups is 1. The predicted molar refractivity (Wildman–Crippen MR) is 140 cm³/mol. The van der Waals surface area contributed by atoms with E-state index in [2.05, 4.69) is 32.4 Å². The number of fused-ring (bicyclic) bond motifs is 2. The average molecular weight is 493 g/mol. The third-order valence-corrected chi connectivity index (χ3v) is 9.23. The third kappa shape index (κ3) is 4.18. The molecule has 1 saturated carbocycles. The van der Waals surface area contributed by atoms with Crippen molar-refractivity contribution in [2.24, 2.45) is 0 Å². The molecule has 1 aliphatic heterocycles. The Balaban J connectivity index is 1.20. The molecule has 1 aliphatic carbocycles. The van der Waals surface area contributed by atoms with Gasteiger partial charge in [-0.2, -0.15) is 11.8 Å². The summed E-state index contributed by atoms with van der Waals surface area (Å²) in [4.78, 5) is 27.7. The molecule has 4 aromatic rings. The van der Waals surface area contributed by atoms with Crippen molar-refractivity contribution >= 4 is 56.0 Å². The summed E-state index contributed by atoms with van der Waals surface area (Å²) in [5, 5.41) is 4.91. The van der Waals surface area contributed by atoms with Gasteiger partial charge in [-0.3, -0.25) is 4.79 Å². The molecule has 8 heteroatoms. The number of nitrogens with zero attached hydrogens (tertiary/aromatic N) is 4. The second kappa shape index (κ2) is 9.58. The smallest absolute Gasteiger partial charge is 0.290 e. The van der Waals surface area contributed by atoms with Crippen LogP contribution in [0.3, 0.4) is 0 Å². The van der Waals surface area contributed by atoms with Crippen molar-refractivity contribution in [2.45, 2.75) is 43.1 Å². The molecule has 0 unspecified atom stereocenters. The first-order valence-corrected chi connectivity index (χ1v) is 14.1. The molecule has 0 bridgehead atoms. The summed E-state index contributed by atoms with van der Waals surface area (Å²) in [5.74, 6) is 2.34. The van der Waals surface area contributed by atoms with Crippen molar-refractivity contribution in [3.05, 3.63) is 53.4 Å².